The van der Waals surface area contributed by atoms with Crippen molar-refractivity contribution in [1.29, 1.82) is 0 Å². The minimum atomic E-state index is -0.796. The van der Waals surface area contributed by atoms with E-state index in [2.05, 4.69) is 6.58 Å². The van der Waals surface area contributed by atoms with Crippen molar-refractivity contribution in [2.45, 2.75) is 63.9 Å². The van der Waals surface area contributed by atoms with Crippen LogP contribution < -0.4 is 0 Å². The van der Waals surface area contributed by atoms with Crippen molar-refractivity contribution >= 4 is 17.9 Å². The van der Waals surface area contributed by atoms with Crippen molar-refractivity contribution in [3.8, 4) is 0 Å². The zero-order valence-electron chi connectivity index (χ0n) is 18.1. The van der Waals surface area contributed by atoms with Crippen LogP contribution in [0.25, 0.3) is 0 Å². The van der Waals surface area contributed by atoms with Crippen LogP contribution in [0.15, 0.2) is 34.3 Å². The van der Waals surface area contributed by atoms with E-state index in [9.17, 15) is 14.4 Å². The Morgan fingerprint density at radius 1 is 1.29 bits per heavy atom. The SMILES string of the molecule is C=C(C)[C@H]1C/C=C2/C(=O)O[C@H](C[C@@]3(C)O[C@H]3c3cc(C(=O)OC)c(o3)C1)[C@H]2OC(C)=O. The van der Waals surface area contributed by atoms with E-state index in [1.54, 1.807) is 12.1 Å². The van der Waals surface area contributed by atoms with Gasteiger partial charge in [0.25, 0.3) is 0 Å². The van der Waals surface area contributed by atoms with E-state index in [1.165, 1.54) is 14.0 Å². The van der Waals surface area contributed by atoms with Crippen molar-refractivity contribution in [3.63, 3.8) is 0 Å². The molecule has 0 amide bonds. The summed E-state index contributed by atoms with van der Waals surface area (Å²) in [6.45, 7) is 9.11. The average Bonchev–Trinajstić information content (AvgIpc) is 3.04. The summed E-state index contributed by atoms with van der Waals surface area (Å²) in [5, 5.41) is 0. The molecule has 0 spiro atoms. The van der Waals surface area contributed by atoms with Crippen LogP contribution in [0.2, 0.25) is 0 Å². The maximum absolute atomic E-state index is 12.6. The number of hydrogen-bond acceptors (Lipinski definition) is 8. The summed E-state index contributed by atoms with van der Waals surface area (Å²) in [4.78, 5) is 36.6. The average molecular weight is 430 g/mol. The summed E-state index contributed by atoms with van der Waals surface area (Å²) >= 11 is 0. The number of allylic oxidation sites excluding steroid dienone is 2. The summed E-state index contributed by atoms with van der Waals surface area (Å²) in [6, 6.07) is 1.66. The molecule has 2 saturated heterocycles. The summed E-state index contributed by atoms with van der Waals surface area (Å²) in [5.74, 6) is -0.577. The van der Waals surface area contributed by atoms with E-state index in [1.807, 2.05) is 13.8 Å². The normalized spacial score (nSPS) is 33.4. The Morgan fingerprint density at radius 2 is 2.03 bits per heavy atom. The first kappa shape index (κ1) is 21.4. The third-order valence-electron chi connectivity index (χ3n) is 6.16. The van der Waals surface area contributed by atoms with Crippen molar-refractivity contribution in [2.75, 3.05) is 7.11 Å². The molecule has 0 aliphatic carbocycles. The van der Waals surface area contributed by atoms with Crippen LogP contribution >= 0.6 is 0 Å². The first-order valence-corrected chi connectivity index (χ1v) is 10.3. The van der Waals surface area contributed by atoms with E-state index in [-0.39, 0.29) is 5.92 Å². The second kappa shape index (κ2) is 7.67. The number of furan rings is 1. The molecule has 0 unspecified atom stereocenters. The number of carbonyl (C=O) groups excluding carboxylic acids is 3. The fourth-order valence-electron chi connectivity index (χ4n) is 4.36. The van der Waals surface area contributed by atoms with Gasteiger partial charge in [0.2, 0.25) is 0 Å². The van der Waals surface area contributed by atoms with Crippen LogP contribution in [0.4, 0.5) is 0 Å². The van der Waals surface area contributed by atoms with Gasteiger partial charge in [0.05, 0.1) is 12.7 Å². The lowest BCUT2D eigenvalue weighted by Crippen LogP contribution is -2.31. The summed E-state index contributed by atoms with van der Waals surface area (Å²) in [5.41, 5.74) is 0.849. The Labute approximate surface area is 180 Å². The van der Waals surface area contributed by atoms with Gasteiger partial charge in [-0.15, -0.1) is 0 Å². The molecule has 3 aliphatic heterocycles. The van der Waals surface area contributed by atoms with Gasteiger partial charge in [-0.3, -0.25) is 4.79 Å². The molecule has 8 nitrogen and oxygen atoms in total. The lowest BCUT2D eigenvalue weighted by molar-refractivity contribution is -0.151. The molecule has 0 saturated carbocycles. The minimum Gasteiger partial charge on any atom is -0.465 e. The molecule has 3 aliphatic rings. The second-order valence-electron chi connectivity index (χ2n) is 8.61. The van der Waals surface area contributed by atoms with Crippen LogP contribution in [0.3, 0.4) is 0 Å². The smallest absolute Gasteiger partial charge is 0.341 e. The standard InChI is InChI=1S/C23H26O8/c1-11(2)13-6-7-14-19(28-12(3)24)18(30-22(14)26)10-23(4)20(31-23)17-9-15(21(25)27-5)16(8-13)29-17/h7,9,13,18-20H,1,6,8,10H2,2-5H3/b14-7+/t13-,18+,19-,20-,23+/m0/s1. The van der Waals surface area contributed by atoms with Crippen molar-refractivity contribution in [1.82, 2.24) is 0 Å². The maximum atomic E-state index is 12.6. The monoisotopic (exact) mass is 430 g/mol. The number of hydrogen-bond donors (Lipinski definition) is 0. The number of carbonyl (C=O) groups is 3. The predicted octanol–water partition coefficient (Wildman–Crippen LogP) is 3.21. The van der Waals surface area contributed by atoms with Gasteiger partial charge in [-0.25, -0.2) is 9.59 Å². The second-order valence-corrected chi connectivity index (χ2v) is 8.61. The van der Waals surface area contributed by atoms with E-state index in [0.717, 1.165) is 5.57 Å². The van der Waals surface area contributed by atoms with Crippen LogP contribution in [0.1, 0.15) is 61.6 Å². The van der Waals surface area contributed by atoms with E-state index >= 15 is 0 Å². The fraction of sp³-hybridized carbons (Fsp3) is 0.522. The lowest BCUT2D eigenvalue weighted by Gasteiger charge is -2.20. The van der Waals surface area contributed by atoms with Crippen molar-refractivity contribution in [3.05, 3.63) is 47.0 Å². The van der Waals surface area contributed by atoms with Gasteiger partial charge in [0.1, 0.15) is 34.9 Å². The molecule has 4 bridgehead atoms. The van der Waals surface area contributed by atoms with Gasteiger partial charge >= 0.3 is 17.9 Å². The Bertz CT molecular complexity index is 986. The molecular weight excluding hydrogens is 404 g/mol. The number of epoxide rings is 1. The molecule has 0 aromatic carbocycles. The van der Waals surface area contributed by atoms with E-state index in [4.69, 9.17) is 23.4 Å². The molecule has 0 radical (unpaired) electrons. The molecular formula is C23H26O8. The molecule has 5 atom stereocenters. The van der Waals surface area contributed by atoms with E-state index in [0.29, 0.717) is 41.9 Å². The third kappa shape index (κ3) is 3.92. The highest BCUT2D eigenvalue weighted by Gasteiger charge is 2.59. The minimum absolute atomic E-state index is 0.119. The molecule has 1 aromatic rings. The third-order valence-corrected chi connectivity index (χ3v) is 6.16. The molecule has 2 fully saturated rings. The van der Waals surface area contributed by atoms with Gasteiger partial charge in [-0.1, -0.05) is 18.2 Å². The van der Waals surface area contributed by atoms with Gasteiger partial charge in [0.15, 0.2) is 6.10 Å². The van der Waals surface area contributed by atoms with Crippen LogP contribution in [-0.4, -0.2) is 42.8 Å². The number of methoxy groups -OCH3 is 1. The summed E-state index contributed by atoms with van der Waals surface area (Å²) in [7, 11) is 1.32. The Kier molecular flexibility index (Phi) is 5.29. The molecule has 4 heterocycles. The molecule has 31 heavy (non-hydrogen) atoms. The number of ether oxygens (including phenoxy) is 4. The van der Waals surface area contributed by atoms with Crippen LogP contribution in [0.5, 0.6) is 0 Å². The zero-order valence-corrected chi connectivity index (χ0v) is 18.1. The van der Waals surface area contributed by atoms with Crippen LogP contribution in [0, 0.1) is 5.92 Å². The van der Waals surface area contributed by atoms with Gasteiger partial charge in [0, 0.05) is 19.8 Å². The summed E-state index contributed by atoms with van der Waals surface area (Å²) < 4.78 is 27.9. The fourth-order valence-corrected chi connectivity index (χ4v) is 4.36. The van der Waals surface area contributed by atoms with Crippen molar-refractivity contribution < 1.29 is 37.7 Å². The molecule has 8 heteroatoms. The molecule has 166 valence electrons. The maximum Gasteiger partial charge on any atom is 0.341 e. The highest BCUT2D eigenvalue weighted by atomic mass is 16.6. The highest BCUT2D eigenvalue weighted by Crippen LogP contribution is 2.54. The predicted molar refractivity (Wildman–Crippen MR) is 107 cm³/mol. The first-order chi connectivity index (χ1) is 14.6. The van der Waals surface area contributed by atoms with Gasteiger partial charge in [-0.05, 0) is 32.3 Å². The molecule has 1 aromatic heterocycles. The first-order valence-electron chi connectivity index (χ1n) is 10.3. The Morgan fingerprint density at radius 3 is 2.68 bits per heavy atom. The highest BCUT2D eigenvalue weighted by molar-refractivity contribution is 5.93. The summed E-state index contributed by atoms with van der Waals surface area (Å²) in [6.07, 6.45) is 1.00. The number of fused-ring (bicyclic) bond motifs is 6. The lowest BCUT2D eigenvalue weighted by atomic mass is 9.89. The quantitative estimate of drug-likeness (QED) is 0.312. The Hall–Kier alpha value is -2.87. The zero-order chi connectivity index (χ0) is 22.5. The number of rotatable bonds is 3. The largest absolute Gasteiger partial charge is 0.465 e. The van der Waals surface area contributed by atoms with Crippen molar-refractivity contribution in [2.24, 2.45) is 5.92 Å². The molecule has 0 N–H and O–H groups in total. The van der Waals surface area contributed by atoms with Gasteiger partial charge < -0.3 is 23.4 Å². The van der Waals surface area contributed by atoms with Gasteiger partial charge in [-0.2, -0.15) is 0 Å². The topological polar surface area (TPSA) is 105 Å². The Balaban J connectivity index is 1.77. The van der Waals surface area contributed by atoms with E-state index < -0.39 is 41.8 Å². The number of esters is 3. The van der Waals surface area contributed by atoms with Crippen LogP contribution in [-0.2, 0) is 35.0 Å². The molecule has 4 rings (SSSR count).